The van der Waals surface area contributed by atoms with Crippen molar-refractivity contribution in [2.75, 3.05) is 6.54 Å². The highest BCUT2D eigenvalue weighted by Crippen LogP contribution is 2.29. The summed E-state index contributed by atoms with van der Waals surface area (Å²) in [6.07, 6.45) is 0. The van der Waals surface area contributed by atoms with Crippen LogP contribution in [0, 0.1) is 0 Å². The van der Waals surface area contributed by atoms with Crippen molar-refractivity contribution in [3.05, 3.63) is 57.0 Å². The Hall–Kier alpha value is -0.840. The van der Waals surface area contributed by atoms with Crippen LogP contribution >= 0.6 is 31.9 Å². The molecule has 0 saturated carbocycles. The van der Waals surface area contributed by atoms with Crippen molar-refractivity contribution in [1.29, 1.82) is 0 Å². The summed E-state index contributed by atoms with van der Waals surface area (Å²) < 4.78 is 7.99. The van der Waals surface area contributed by atoms with E-state index in [1.807, 2.05) is 36.4 Å². The van der Waals surface area contributed by atoms with E-state index in [1.165, 1.54) is 0 Å². The zero-order valence-corrected chi connectivity index (χ0v) is 13.8. The van der Waals surface area contributed by atoms with Crippen LogP contribution in [0.5, 0.6) is 11.5 Å². The zero-order chi connectivity index (χ0) is 13.7. The molecule has 0 aliphatic rings. The highest BCUT2D eigenvalue weighted by atomic mass is 79.9. The maximum atomic E-state index is 5.97. The minimum Gasteiger partial charge on any atom is -0.457 e. The second-order valence-corrected chi connectivity index (χ2v) is 5.92. The Morgan fingerprint density at radius 1 is 1.05 bits per heavy atom. The van der Waals surface area contributed by atoms with Gasteiger partial charge >= 0.3 is 0 Å². The number of hydrogen-bond donors (Lipinski definition) is 1. The lowest BCUT2D eigenvalue weighted by molar-refractivity contribution is 0.472. The Balaban J connectivity index is 2.24. The van der Waals surface area contributed by atoms with E-state index >= 15 is 0 Å². The number of benzene rings is 2. The summed E-state index contributed by atoms with van der Waals surface area (Å²) in [7, 11) is 0. The van der Waals surface area contributed by atoms with Gasteiger partial charge in [0, 0.05) is 21.1 Å². The summed E-state index contributed by atoms with van der Waals surface area (Å²) in [5.41, 5.74) is 1.14. The minimum absolute atomic E-state index is 0.799. The monoisotopic (exact) mass is 383 g/mol. The molecular formula is C15H15Br2NO. The maximum Gasteiger partial charge on any atom is 0.133 e. The molecule has 0 heterocycles. The summed E-state index contributed by atoms with van der Waals surface area (Å²) in [6, 6.07) is 13.9. The molecule has 0 spiro atoms. The van der Waals surface area contributed by atoms with E-state index in [0.29, 0.717) is 0 Å². The predicted molar refractivity (Wildman–Crippen MR) is 85.7 cm³/mol. The molecule has 0 fully saturated rings. The lowest BCUT2D eigenvalue weighted by atomic mass is 10.2. The zero-order valence-electron chi connectivity index (χ0n) is 10.6. The van der Waals surface area contributed by atoms with Gasteiger partial charge in [-0.3, -0.25) is 0 Å². The lowest BCUT2D eigenvalue weighted by Gasteiger charge is -2.12. The van der Waals surface area contributed by atoms with Crippen LogP contribution in [-0.4, -0.2) is 6.54 Å². The average molecular weight is 385 g/mol. The smallest absolute Gasteiger partial charge is 0.133 e. The summed E-state index contributed by atoms with van der Waals surface area (Å²) in [5.74, 6) is 1.69. The molecule has 19 heavy (non-hydrogen) atoms. The van der Waals surface area contributed by atoms with Crippen LogP contribution < -0.4 is 10.1 Å². The number of ether oxygens (including phenoxy) is 1. The average Bonchev–Trinajstić information content (AvgIpc) is 2.38. The van der Waals surface area contributed by atoms with E-state index in [-0.39, 0.29) is 0 Å². The summed E-state index contributed by atoms with van der Waals surface area (Å²) in [4.78, 5) is 0. The molecule has 0 atom stereocenters. The lowest BCUT2D eigenvalue weighted by Crippen LogP contribution is -2.12. The van der Waals surface area contributed by atoms with Crippen LogP contribution in [0.4, 0.5) is 0 Å². The summed E-state index contributed by atoms with van der Waals surface area (Å²) in [6.45, 7) is 3.83. The Bertz CT molecular complexity index is 558. The van der Waals surface area contributed by atoms with Crippen molar-refractivity contribution >= 4 is 31.9 Å². The van der Waals surface area contributed by atoms with Crippen molar-refractivity contribution in [1.82, 2.24) is 5.32 Å². The second-order valence-electron chi connectivity index (χ2n) is 4.09. The third-order valence-corrected chi connectivity index (χ3v) is 3.61. The van der Waals surface area contributed by atoms with Crippen molar-refractivity contribution in [2.24, 2.45) is 0 Å². The van der Waals surface area contributed by atoms with E-state index in [1.54, 1.807) is 0 Å². The molecular weight excluding hydrogens is 370 g/mol. The first-order chi connectivity index (χ1) is 9.19. The number of hydrogen-bond acceptors (Lipinski definition) is 2. The first kappa shape index (κ1) is 14.6. The van der Waals surface area contributed by atoms with Crippen molar-refractivity contribution in [2.45, 2.75) is 13.5 Å². The largest absolute Gasteiger partial charge is 0.457 e. The number of rotatable bonds is 5. The van der Waals surface area contributed by atoms with Crippen LogP contribution in [0.25, 0.3) is 0 Å². The predicted octanol–water partition coefficient (Wildman–Crippen LogP) is 5.11. The molecule has 0 aromatic heterocycles. The first-order valence-corrected chi connectivity index (χ1v) is 7.70. The van der Waals surface area contributed by atoms with Gasteiger partial charge in [-0.05, 0) is 36.9 Å². The van der Waals surface area contributed by atoms with E-state index in [4.69, 9.17) is 4.74 Å². The molecule has 4 heteroatoms. The standard InChI is InChI=1S/C15H15Br2NO/c1-2-18-10-11-6-7-13(17)9-15(11)19-14-5-3-4-12(16)8-14/h3-9,18H,2,10H2,1H3. The molecule has 0 amide bonds. The highest BCUT2D eigenvalue weighted by molar-refractivity contribution is 9.10. The molecule has 0 radical (unpaired) electrons. The molecule has 2 aromatic rings. The van der Waals surface area contributed by atoms with Crippen LogP contribution in [0.2, 0.25) is 0 Å². The maximum absolute atomic E-state index is 5.97. The Morgan fingerprint density at radius 3 is 2.58 bits per heavy atom. The molecule has 2 rings (SSSR count). The van der Waals surface area contributed by atoms with Gasteiger partial charge in [0.25, 0.3) is 0 Å². The van der Waals surface area contributed by atoms with Crippen molar-refractivity contribution < 1.29 is 4.74 Å². The van der Waals surface area contributed by atoms with Crippen LogP contribution in [0.15, 0.2) is 51.4 Å². The quantitative estimate of drug-likeness (QED) is 0.772. The summed E-state index contributed by atoms with van der Waals surface area (Å²) >= 11 is 6.93. The third kappa shape index (κ3) is 4.34. The van der Waals surface area contributed by atoms with Crippen LogP contribution in [-0.2, 0) is 6.54 Å². The fraction of sp³-hybridized carbons (Fsp3) is 0.200. The van der Waals surface area contributed by atoms with Gasteiger partial charge in [0.05, 0.1) is 0 Å². The van der Waals surface area contributed by atoms with E-state index in [0.717, 1.165) is 39.1 Å². The molecule has 0 aliphatic carbocycles. The Labute approximate surface area is 130 Å². The van der Waals surface area contributed by atoms with Gasteiger partial charge in [-0.15, -0.1) is 0 Å². The fourth-order valence-electron chi connectivity index (χ4n) is 1.69. The molecule has 0 aliphatic heterocycles. The van der Waals surface area contributed by atoms with Gasteiger partial charge in [0.2, 0.25) is 0 Å². The SMILES string of the molecule is CCNCc1ccc(Br)cc1Oc1cccc(Br)c1. The number of halogens is 2. The number of nitrogens with one attached hydrogen (secondary N) is 1. The van der Waals surface area contributed by atoms with E-state index < -0.39 is 0 Å². The topological polar surface area (TPSA) is 21.3 Å². The van der Waals surface area contributed by atoms with Crippen LogP contribution in [0.1, 0.15) is 12.5 Å². The van der Waals surface area contributed by atoms with E-state index in [9.17, 15) is 0 Å². The van der Waals surface area contributed by atoms with Gasteiger partial charge in [-0.1, -0.05) is 50.9 Å². The first-order valence-electron chi connectivity index (χ1n) is 6.11. The Morgan fingerprint density at radius 2 is 1.84 bits per heavy atom. The summed E-state index contributed by atoms with van der Waals surface area (Å²) in [5, 5.41) is 3.32. The molecule has 2 nitrogen and oxygen atoms in total. The normalized spacial score (nSPS) is 10.5. The van der Waals surface area contributed by atoms with Crippen molar-refractivity contribution in [3.8, 4) is 11.5 Å². The van der Waals surface area contributed by atoms with Gasteiger partial charge in [0.1, 0.15) is 11.5 Å². The van der Waals surface area contributed by atoms with Crippen molar-refractivity contribution in [3.63, 3.8) is 0 Å². The molecule has 0 saturated heterocycles. The van der Waals surface area contributed by atoms with E-state index in [2.05, 4.69) is 50.2 Å². The fourth-order valence-corrected chi connectivity index (χ4v) is 2.40. The second kappa shape index (κ2) is 7.08. The van der Waals surface area contributed by atoms with Gasteiger partial charge in [-0.2, -0.15) is 0 Å². The molecule has 2 aromatic carbocycles. The molecule has 0 unspecified atom stereocenters. The van der Waals surface area contributed by atoms with Gasteiger partial charge in [0.15, 0.2) is 0 Å². The Kier molecular flexibility index (Phi) is 5.43. The molecule has 1 N–H and O–H groups in total. The third-order valence-electron chi connectivity index (χ3n) is 2.62. The molecule has 100 valence electrons. The van der Waals surface area contributed by atoms with Gasteiger partial charge in [-0.25, -0.2) is 0 Å². The van der Waals surface area contributed by atoms with Crippen LogP contribution in [0.3, 0.4) is 0 Å². The molecule has 0 bridgehead atoms. The highest BCUT2D eigenvalue weighted by Gasteiger charge is 2.06. The van der Waals surface area contributed by atoms with Gasteiger partial charge < -0.3 is 10.1 Å². The minimum atomic E-state index is 0.799.